The lowest BCUT2D eigenvalue weighted by Crippen LogP contribution is -2.36. The quantitative estimate of drug-likeness (QED) is 0.639. The third kappa shape index (κ3) is 3.27. The number of nitro groups is 1. The van der Waals surface area contributed by atoms with Crippen molar-refractivity contribution >= 4 is 5.69 Å². The molecule has 0 spiro atoms. The van der Waals surface area contributed by atoms with Crippen LogP contribution in [0.3, 0.4) is 0 Å². The van der Waals surface area contributed by atoms with E-state index in [1.165, 1.54) is 6.07 Å². The highest BCUT2D eigenvalue weighted by Crippen LogP contribution is 2.28. The molecule has 5 heteroatoms. The predicted octanol–water partition coefficient (Wildman–Crippen LogP) is 1.80. The first-order chi connectivity index (χ1) is 8.54. The van der Waals surface area contributed by atoms with E-state index in [4.69, 9.17) is 0 Å². The second-order valence-electron chi connectivity index (χ2n) is 5.12. The van der Waals surface area contributed by atoms with Gasteiger partial charge in [0.2, 0.25) is 0 Å². The minimum absolute atomic E-state index is 0.124. The lowest BCUT2D eigenvalue weighted by atomic mass is 9.82. The maximum absolute atomic E-state index is 10.7. The second kappa shape index (κ2) is 5.46. The number of rotatable bonds is 5. The van der Waals surface area contributed by atoms with Gasteiger partial charge in [-0.05, 0) is 31.4 Å². The maximum atomic E-state index is 10.7. The molecule has 0 unspecified atom stereocenters. The van der Waals surface area contributed by atoms with Gasteiger partial charge < -0.3 is 10.0 Å². The molecule has 0 heterocycles. The van der Waals surface area contributed by atoms with Crippen LogP contribution in [0.5, 0.6) is 0 Å². The van der Waals surface area contributed by atoms with Crippen LogP contribution in [0, 0.1) is 16.0 Å². The first-order valence-corrected chi connectivity index (χ1v) is 6.14. The molecular weight excluding hydrogens is 232 g/mol. The van der Waals surface area contributed by atoms with Gasteiger partial charge in [-0.3, -0.25) is 10.1 Å². The Labute approximate surface area is 106 Å². The zero-order chi connectivity index (χ0) is 13.1. The Balaban J connectivity index is 1.88. The molecule has 1 saturated carbocycles. The van der Waals surface area contributed by atoms with E-state index in [1.807, 2.05) is 13.1 Å². The minimum atomic E-state index is -0.369. The summed E-state index contributed by atoms with van der Waals surface area (Å²) in [5, 5.41) is 19.9. The van der Waals surface area contributed by atoms with E-state index in [1.54, 1.807) is 12.1 Å². The molecule has 18 heavy (non-hydrogen) atoms. The molecule has 1 aliphatic rings. The number of benzene rings is 1. The summed E-state index contributed by atoms with van der Waals surface area (Å²) >= 11 is 0. The van der Waals surface area contributed by atoms with Gasteiger partial charge >= 0.3 is 0 Å². The molecule has 98 valence electrons. The van der Waals surface area contributed by atoms with Crippen molar-refractivity contribution in [2.75, 3.05) is 13.6 Å². The molecule has 0 radical (unpaired) electrons. The summed E-state index contributed by atoms with van der Waals surface area (Å²) in [5.41, 5.74) is 1.09. The monoisotopic (exact) mass is 250 g/mol. The van der Waals surface area contributed by atoms with Crippen LogP contribution < -0.4 is 0 Å². The van der Waals surface area contributed by atoms with Gasteiger partial charge in [0.25, 0.3) is 5.69 Å². The summed E-state index contributed by atoms with van der Waals surface area (Å²) in [6.07, 6.45) is 1.62. The molecule has 0 bridgehead atoms. The van der Waals surface area contributed by atoms with Crippen molar-refractivity contribution in [3.8, 4) is 0 Å². The molecule has 1 aromatic carbocycles. The van der Waals surface area contributed by atoms with Crippen LogP contribution in [0.4, 0.5) is 5.69 Å². The van der Waals surface area contributed by atoms with Crippen LogP contribution in [0.15, 0.2) is 24.3 Å². The molecule has 1 aromatic rings. The number of aliphatic hydroxyl groups is 1. The molecule has 1 aliphatic carbocycles. The first kappa shape index (κ1) is 13.0. The number of non-ortho nitro benzene ring substituents is 1. The number of hydrogen-bond donors (Lipinski definition) is 1. The number of nitro benzene ring substituents is 1. The smallest absolute Gasteiger partial charge is 0.269 e. The van der Waals surface area contributed by atoms with E-state index >= 15 is 0 Å². The van der Waals surface area contributed by atoms with Crippen molar-refractivity contribution in [2.24, 2.45) is 5.92 Å². The van der Waals surface area contributed by atoms with Crippen LogP contribution in [-0.2, 0) is 6.54 Å². The van der Waals surface area contributed by atoms with Crippen molar-refractivity contribution in [1.82, 2.24) is 4.90 Å². The van der Waals surface area contributed by atoms with E-state index < -0.39 is 0 Å². The second-order valence-corrected chi connectivity index (χ2v) is 5.12. The molecule has 0 saturated heterocycles. The molecule has 2 rings (SSSR count). The Morgan fingerprint density at radius 1 is 1.50 bits per heavy atom. The third-order valence-corrected chi connectivity index (χ3v) is 3.35. The van der Waals surface area contributed by atoms with Gasteiger partial charge in [0, 0.05) is 25.2 Å². The van der Waals surface area contributed by atoms with Gasteiger partial charge in [0.15, 0.2) is 0 Å². The summed E-state index contributed by atoms with van der Waals surface area (Å²) in [4.78, 5) is 12.5. The van der Waals surface area contributed by atoms with Gasteiger partial charge in [0.1, 0.15) is 0 Å². The Morgan fingerprint density at radius 3 is 2.83 bits per heavy atom. The average molecular weight is 250 g/mol. The summed E-state index contributed by atoms with van der Waals surface area (Å²) in [5.74, 6) is 0.559. The topological polar surface area (TPSA) is 66.6 Å². The highest BCUT2D eigenvalue weighted by atomic mass is 16.6. The van der Waals surface area contributed by atoms with Crippen molar-refractivity contribution in [3.63, 3.8) is 0 Å². The largest absolute Gasteiger partial charge is 0.393 e. The molecule has 0 atom stereocenters. The van der Waals surface area contributed by atoms with Gasteiger partial charge in [-0.15, -0.1) is 0 Å². The summed E-state index contributed by atoms with van der Waals surface area (Å²) in [6, 6.07) is 6.74. The summed E-state index contributed by atoms with van der Waals surface area (Å²) in [6.45, 7) is 1.63. The normalized spacial score (nSPS) is 22.8. The van der Waals surface area contributed by atoms with Gasteiger partial charge in [-0.25, -0.2) is 0 Å². The molecule has 1 N–H and O–H groups in total. The molecule has 5 nitrogen and oxygen atoms in total. The van der Waals surface area contributed by atoms with E-state index in [0.717, 1.165) is 24.9 Å². The highest BCUT2D eigenvalue weighted by Gasteiger charge is 2.27. The summed E-state index contributed by atoms with van der Waals surface area (Å²) in [7, 11) is 2.00. The molecule has 1 fully saturated rings. The van der Waals surface area contributed by atoms with Gasteiger partial charge in [-0.1, -0.05) is 12.1 Å². The molecule has 0 aromatic heterocycles. The van der Waals surface area contributed by atoms with E-state index in [0.29, 0.717) is 12.5 Å². The standard InChI is InChI=1S/C13H18N2O3/c1-14(9-11-6-13(16)7-11)8-10-3-2-4-12(5-10)15(17)18/h2-5,11,13,16H,6-9H2,1H3. The highest BCUT2D eigenvalue weighted by molar-refractivity contribution is 5.34. The van der Waals surface area contributed by atoms with Crippen LogP contribution in [0.25, 0.3) is 0 Å². The fourth-order valence-electron chi connectivity index (χ4n) is 2.43. The van der Waals surface area contributed by atoms with Crippen LogP contribution >= 0.6 is 0 Å². The van der Waals surface area contributed by atoms with E-state index in [2.05, 4.69) is 4.90 Å². The summed E-state index contributed by atoms with van der Waals surface area (Å²) < 4.78 is 0. The van der Waals surface area contributed by atoms with Crippen LogP contribution in [0.1, 0.15) is 18.4 Å². The van der Waals surface area contributed by atoms with Crippen LogP contribution in [-0.4, -0.2) is 34.6 Å². The lowest BCUT2D eigenvalue weighted by Gasteiger charge is -2.34. The van der Waals surface area contributed by atoms with E-state index in [9.17, 15) is 15.2 Å². The van der Waals surface area contributed by atoms with Gasteiger partial charge in [-0.2, -0.15) is 0 Å². The Morgan fingerprint density at radius 2 is 2.22 bits per heavy atom. The van der Waals surface area contributed by atoms with Crippen molar-refractivity contribution in [3.05, 3.63) is 39.9 Å². The molecule has 0 amide bonds. The fraction of sp³-hybridized carbons (Fsp3) is 0.538. The van der Waals surface area contributed by atoms with E-state index in [-0.39, 0.29) is 16.7 Å². The lowest BCUT2D eigenvalue weighted by molar-refractivity contribution is -0.384. The number of aliphatic hydroxyl groups excluding tert-OH is 1. The zero-order valence-corrected chi connectivity index (χ0v) is 10.5. The Bertz CT molecular complexity index is 430. The fourth-order valence-corrected chi connectivity index (χ4v) is 2.43. The van der Waals surface area contributed by atoms with Crippen molar-refractivity contribution in [1.29, 1.82) is 0 Å². The Kier molecular flexibility index (Phi) is 3.93. The SMILES string of the molecule is CN(Cc1cccc([N+](=O)[O-])c1)CC1CC(O)C1. The first-order valence-electron chi connectivity index (χ1n) is 6.14. The average Bonchev–Trinajstić information content (AvgIpc) is 2.27. The van der Waals surface area contributed by atoms with Crippen molar-refractivity contribution in [2.45, 2.75) is 25.5 Å². The Hall–Kier alpha value is -1.46. The maximum Gasteiger partial charge on any atom is 0.269 e. The van der Waals surface area contributed by atoms with Crippen LogP contribution in [0.2, 0.25) is 0 Å². The van der Waals surface area contributed by atoms with Crippen molar-refractivity contribution < 1.29 is 10.0 Å². The molecule has 0 aliphatic heterocycles. The van der Waals surface area contributed by atoms with Gasteiger partial charge in [0.05, 0.1) is 11.0 Å². The zero-order valence-electron chi connectivity index (χ0n) is 10.5. The minimum Gasteiger partial charge on any atom is -0.393 e. The molecular formula is C13H18N2O3. The number of nitrogens with zero attached hydrogens (tertiary/aromatic N) is 2. The predicted molar refractivity (Wildman–Crippen MR) is 68.2 cm³/mol. The number of hydrogen-bond acceptors (Lipinski definition) is 4. The third-order valence-electron chi connectivity index (χ3n) is 3.35.